The number of benzene rings is 1. The number of likely N-dealkylation sites (tertiary alicyclic amines) is 2. The number of nitrogens with two attached hydrogens (primary N) is 1. The van der Waals surface area contributed by atoms with Gasteiger partial charge in [0.15, 0.2) is 12.4 Å². The van der Waals surface area contributed by atoms with Crippen molar-refractivity contribution in [1.82, 2.24) is 9.80 Å². The van der Waals surface area contributed by atoms with Crippen molar-refractivity contribution in [3.63, 3.8) is 0 Å². The van der Waals surface area contributed by atoms with Gasteiger partial charge in [-0.25, -0.2) is 0 Å². The average molecular weight is 387 g/mol. The molecule has 2 aliphatic rings. The molecule has 1 amide bonds. The van der Waals surface area contributed by atoms with Crippen LogP contribution in [0.15, 0.2) is 29.4 Å². The van der Waals surface area contributed by atoms with Crippen molar-refractivity contribution in [3.8, 4) is 0 Å². The summed E-state index contributed by atoms with van der Waals surface area (Å²) in [6, 6.07) is 8.56. The van der Waals surface area contributed by atoms with E-state index >= 15 is 0 Å². The third kappa shape index (κ3) is 5.25. The van der Waals surface area contributed by atoms with Crippen LogP contribution in [0.1, 0.15) is 63.5 Å². The summed E-state index contributed by atoms with van der Waals surface area (Å²) in [5, 5.41) is 4.06. The van der Waals surface area contributed by atoms with Gasteiger partial charge in [0.25, 0.3) is 5.91 Å². The third-order valence-corrected chi connectivity index (χ3v) is 5.97. The van der Waals surface area contributed by atoms with E-state index in [0.29, 0.717) is 5.84 Å². The fourth-order valence-electron chi connectivity index (χ4n) is 4.46. The topological polar surface area (TPSA) is 71.2 Å². The number of hydrogen-bond acceptors (Lipinski definition) is 4. The standard InChI is InChI=1S/C22H34N4O2/c1-17-9-8-10-18(2)26(17)21(27)16-28-24-22(23)20-12-5-4-11-19(20)15-25-13-6-3-7-14-25/h4-5,11-12,17-18H,3,6-10,13-16H2,1-2H3,(H2,23,24). The van der Waals surface area contributed by atoms with Gasteiger partial charge in [0.2, 0.25) is 0 Å². The van der Waals surface area contributed by atoms with Gasteiger partial charge in [0.05, 0.1) is 0 Å². The van der Waals surface area contributed by atoms with Gasteiger partial charge in [-0.1, -0.05) is 35.8 Å². The zero-order chi connectivity index (χ0) is 19.9. The minimum Gasteiger partial charge on any atom is -0.384 e. The van der Waals surface area contributed by atoms with E-state index in [2.05, 4.69) is 30.0 Å². The summed E-state index contributed by atoms with van der Waals surface area (Å²) >= 11 is 0. The first kappa shape index (κ1) is 20.6. The highest BCUT2D eigenvalue weighted by molar-refractivity contribution is 5.98. The van der Waals surface area contributed by atoms with Gasteiger partial charge >= 0.3 is 0 Å². The monoisotopic (exact) mass is 386 g/mol. The van der Waals surface area contributed by atoms with Crippen LogP contribution in [0.25, 0.3) is 0 Å². The van der Waals surface area contributed by atoms with Crippen LogP contribution in [0, 0.1) is 0 Å². The van der Waals surface area contributed by atoms with E-state index in [1.54, 1.807) is 0 Å². The molecule has 2 saturated heterocycles. The summed E-state index contributed by atoms with van der Waals surface area (Å²) in [4.78, 5) is 22.3. The molecule has 1 aromatic rings. The molecular weight excluding hydrogens is 352 g/mol. The zero-order valence-electron chi connectivity index (χ0n) is 17.3. The van der Waals surface area contributed by atoms with Crippen LogP contribution in [0.3, 0.4) is 0 Å². The van der Waals surface area contributed by atoms with Gasteiger partial charge in [0.1, 0.15) is 0 Å². The number of nitrogens with zero attached hydrogens (tertiary/aromatic N) is 3. The fourth-order valence-corrected chi connectivity index (χ4v) is 4.46. The predicted molar refractivity (Wildman–Crippen MR) is 112 cm³/mol. The Morgan fingerprint density at radius 2 is 1.79 bits per heavy atom. The van der Waals surface area contributed by atoms with E-state index in [9.17, 15) is 4.79 Å². The number of amides is 1. The minimum absolute atomic E-state index is 0.0159. The van der Waals surface area contributed by atoms with Crippen molar-refractivity contribution in [2.75, 3.05) is 19.7 Å². The first-order valence-corrected chi connectivity index (χ1v) is 10.6. The van der Waals surface area contributed by atoms with E-state index in [1.807, 2.05) is 23.1 Å². The Bertz CT molecular complexity index is 675. The number of carbonyl (C=O) groups excluding carboxylic acids is 1. The minimum atomic E-state index is -0.0658. The smallest absolute Gasteiger partial charge is 0.263 e. The fraction of sp³-hybridized carbons (Fsp3) is 0.636. The van der Waals surface area contributed by atoms with Crippen LogP contribution < -0.4 is 5.73 Å². The summed E-state index contributed by atoms with van der Waals surface area (Å²) < 4.78 is 0. The molecule has 0 aliphatic carbocycles. The van der Waals surface area contributed by atoms with Crippen LogP contribution >= 0.6 is 0 Å². The second-order valence-corrected chi connectivity index (χ2v) is 8.17. The molecular formula is C22H34N4O2. The van der Waals surface area contributed by atoms with Crippen molar-refractivity contribution < 1.29 is 9.63 Å². The molecule has 0 saturated carbocycles. The molecule has 154 valence electrons. The van der Waals surface area contributed by atoms with Crippen molar-refractivity contribution >= 4 is 11.7 Å². The maximum absolute atomic E-state index is 12.6. The van der Waals surface area contributed by atoms with E-state index in [-0.39, 0.29) is 24.6 Å². The molecule has 2 atom stereocenters. The number of rotatable bonds is 6. The lowest BCUT2D eigenvalue weighted by molar-refractivity contribution is -0.142. The molecule has 2 N–H and O–H groups in total. The SMILES string of the molecule is CC1CCCC(C)N1C(=O)CON=C(N)c1ccccc1CN1CCCCC1. The van der Waals surface area contributed by atoms with Crippen LogP contribution in [0.5, 0.6) is 0 Å². The van der Waals surface area contributed by atoms with Crippen LogP contribution in [-0.4, -0.2) is 53.3 Å². The van der Waals surface area contributed by atoms with Crippen LogP contribution in [-0.2, 0) is 16.2 Å². The highest BCUT2D eigenvalue weighted by atomic mass is 16.6. The van der Waals surface area contributed by atoms with E-state index in [1.165, 1.54) is 25.7 Å². The molecule has 2 aliphatic heterocycles. The van der Waals surface area contributed by atoms with Gasteiger partial charge in [-0.05, 0) is 64.6 Å². The van der Waals surface area contributed by atoms with Gasteiger partial charge in [-0.2, -0.15) is 0 Å². The van der Waals surface area contributed by atoms with Gasteiger partial charge in [-0.3, -0.25) is 9.69 Å². The Morgan fingerprint density at radius 3 is 2.50 bits per heavy atom. The number of piperidine rings is 2. The van der Waals surface area contributed by atoms with E-state index < -0.39 is 0 Å². The molecule has 6 nitrogen and oxygen atoms in total. The molecule has 2 heterocycles. The van der Waals surface area contributed by atoms with Crippen LogP contribution in [0.4, 0.5) is 0 Å². The molecule has 0 radical (unpaired) electrons. The number of oxime groups is 1. The summed E-state index contributed by atoms with van der Waals surface area (Å²) in [6.45, 7) is 7.26. The molecule has 1 aromatic carbocycles. The molecule has 0 spiro atoms. The molecule has 3 rings (SSSR count). The Morgan fingerprint density at radius 1 is 1.11 bits per heavy atom. The van der Waals surface area contributed by atoms with Gasteiger partial charge in [0, 0.05) is 24.2 Å². The molecule has 2 fully saturated rings. The normalized spacial score (nSPS) is 24.2. The van der Waals surface area contributed by atoms with Crippen molar-refractivity contribution in [1.29, 1.82) is 0 Å². The predicted octanol–water partition coefficient (Wildman–Crippen LogP) is 3.10. The van der Waals surface area contributed by atoms with E-state index in [0.717, 1.165) is 43.6 Å². The lowest BCUT2D eigenvalue weighted by atomic mass is 9.97. The second-order valence-electron chi connectivity index (χ2n) is 8.17. The Kier molecular flexibility index (Phi) is 7.31. The molecule has 2 unspecified atom stereocenters. The maximum Gasteiger partial charge on any atom is 0.263 e. The Balaban J connectivity index is 1.59. The molecule has 28 heavy (non-hydrogen) atoms. The zero-order valence-corrected chi connectivity index (χ0v) is 17.3. The number of carbonyl (C=O) groups is 1. The first-order chi connectivity index (χ1) is 13.6. The third-order valence-electron chi connectivity index (χ3n) is 5.97. The van der Waals surface area contributed by atoms with Crippen molar-refractivity contribution in [2.45, 2.75) is 71.0 Å². The van der Waals surface area contributed by atoms with Gasteiger partial charge in [-0.15, -0.1) is 0 Å². The Hall–Kier alpha value is -2.08. The summed E-state index contributed by atoms with van der Waals surface area (Å²) in [5.74, 6) is 0.318. The maximum atomic E-state index is 12.6. The molecule has 0 bridgehead atoms. The number of amidine groups is 1. The average Bonchev–Trinajstić information content (AvgIpc) is 2.69. The van der Waals surface area contributed by atoms with Crippen LogP contribution in [0.2, 0.25) is 0 Å². The van der Waals surface area contributed by atoms with E-state index in [4.69, 9.17) is 10.6 Å². The quantitative estimate of drug-likeness (QED) is 0.463. The van der Waals surface area contributed by atoms with Crippen molar-refractivity contribution in [3.05, 3.63) is 35.4 Å². The summed E-state index contributed by atoms with van der Waals surface area (Å²) in [7, 11) is 0. The van der Waals surface area contributed by atoms with Crippen molar-refractivity contribution in [2.24, 2.45) is 10.9 Å². The lowest BCUT2D eigenvalue weighted by Gasteiger charge is -2.38. The summed E-state index contributed by atoms with van der Waals surface area (Å²) in [5.41, 5.74) is 8.24. The molecule has 0 aromatic heterocycles. The van der Waals surface area contributed by atoms with Gasteiger partial charge < -0.3 is 15.5 Å². The first-order valence-electron chi connectivity index (χ1n) is 10.6. The highest BCUT2D eigenvalue weighted by Gasteiger charge is 2.29. The lowest BCUT2D eigenvalue weighted by Crippen LogP contribution is -2.48. The molecule has 6 heteroatoms. The second kappa shape index (κ2) is 9.92. The Labute approximate surface area is 168 Å². The number of hydrogen-bond donors (Lipinski definition) is 1. The summed E-state index contributed by atoms with van der Waals surface area (Å²) in [6.07, 6.45) is 7.09. The largest absolute Gasteiger partial charge is 0.384 e. The highest BCUT2D eigenvalue weighted by Crippen LogP contribution is 2.22.